The molecule has 98 valence electrons. The lowest BCUT2D eigenvalue weighted by Crippen LogP contribution is -2.27. The van der Waals surface area contributed by atoms with Crippen LogP contribution in [0.3, 0.4) is 0 Å². The van der Waals surface area contributed by atoms with E-state index < -0.39 is 6.04 Å². The van der Waals surface area contributed by atoms with Crippen LogP contribution in [0.1, 0.15) is 11.6 Å². The van der Waals surface area contributed by atoms with Crippen LogP contribution in [0, 0.1) is 0 Å². The Labute approximate surface area is 121 Å². The highest BCUT2D eigenvalue weighted by molar-refractivity contribution is 6.44. The molecule has 0 aliphatic heterocycles. The molecule has 0 saturated heterocycles. The van der Waals surface area contributed by atoms with Crippen LogP contribution >= 0.6 is 23.2 Å². The molecule has 0 aliphatic rings. The number of hydrogen-bond donors (Lipinski definition) is 2. The average Bonchev–Trinajstić information content (AvgIpc) is 2.44. The van der Waals surface area contributed by atoms with Gasteiger partial charge in [0.2, 0.25) is 5.91 Å². The number of rotatable bonds is 3. The van der Waals surface area contributed by atoms with Gasteiger partial charge in [0, 0.05) is 0 Å². The third-order valence-corrected chi connectivity index (χ3v) is 3.47. The molecular weight excluding hydrogens is 283 g/mol. The third kappa shape index (κ3) is 3.26. The first-order valence-corrected chi connectivity index (χ1v) is 6.40. The molecule has 0 unspecified atom stereocenters. The summed E-state index contributed by atoms with van der Waals surface area (Å²) in [5, 5.41) is 3.35. The molecule has 0 radical (unpaired) electrons. The SMILES string of the molecule is N[C@H](C(=O)Nc1cccc(Cl)c1Cl)c1ccccc1. The Bertz CT molecular complexity index is 587. The van der Waals surface area contributed by atoms with Crippen molar-refractivity contribution in [1.82, 2.24) is 0 Å². The van der Waals surface area contributed by atoms with Crippen LogP contribution in [0.4, 0.5) is 5.69 Å². The van der Waals surface area contributed by atoms with Gasteiger partial charge in [0.25, 0.3) is 0 Å². The number of amides is 1. The minimum atomic E-state index is -0.753. The number of carbonyl (C=O) groups excluding carboxylic acids is 1. The van der Waals surface area contributed by atoms with Gasteiger partial charge in [0.15, 0.2) is 0 Å². The predicted molar refractivity (Wildman–Crippen MR) is 78.5 cm³/mol. The maximum Gasteiger partial charge on any atom is 0.245 e. The second-order valence-corrected chi connectivity index (χ2v) is 4.76. The summed E-state index contributed by atoms with van der Waals surface area (Å²) in [5.74, 6) is -0.338. The Morgan fingerprint density at radius 2 is 1.74 bits per heavy atom. The Kier molecular flexibility index (Phi) is 4.43. The highest BCUT2D eigenvalue weighted by Crippen LogP contribution is 2.30. The zero-order valence-electron chi connectivity index (χ0n) is 9.94. The van der Waals surface area contributed by atoms with Crippen molar-refractivity contribution in [3.63, 3.8) is 0 Å². The van der Waals surface area contributed by atoms with Gasteiger partial charge in [0.05, 0.1) is 15.7 Å². The predicted octanol–water partition coefficient (Wildman–Crippen LogP) is 3.63. The average molecular weight is 295 g/mol. The Balaban J connectivity index is 2.15. The zero-order valence-corrected chi connectivity index (χ0v) is 11.4. The number of anilines is 1. The molecule has 3 nitrogen and oxygen atoms in total. The van der Waals surface area contributed by atoms with Gasteiger partial charge in [-0.25, -0.2) is 0 Å². The second kappa shape index (κ2) is 6.06. The number of hydrogen-bond acceptors (Lipinski definition) is 2. The van der Waals surface area contributed by atoms with Gasteiger partial charge >= 0.3 is 0 Å². The Morgan fingerprint density at radius 3 is 2.42 bits per heavy atom. The lowest BCUT2D eigenvalue weighted by Gasteiger charge is -2.13. The van der Waals surface area contributed by atoms with Crippen LogP contribution in [-0.2, 0) is 4.79 Å². The third-order valence-electron chi connectivity index (χ3n) is 2.65. The number of nitrogens with two attached hydrogens (primary N) is 1. The van der Waals surface area contributed by atoms with E-state index in [2.05, 4.69) is 5.32 Å². The lowest BCUT2D eigenvalue weighted by molar-refractivity contribution is -0.117. The molecule has 0 heterocycles. The first-order chi connectivity index (χ1) is 9.09. The number of nitrogens with one attached hydrogen (secondary N) is 1. The molecule has 0 aliphatic carbocycles. The van der Waals surface area contributed by atoms with Crippen LogP contribution in [0.15, 0.2) is 48.5 Å². The lowest BCUT2D eigenvalue weighted by atomic mass is 10.1. The van der Waals surface area contributed by atoms with Crippen LogP contribution in [0.5, 0.6) is 0 Å². The molecule has 2 rings (SSSR count). The van der Waals surface area contributed by atoms with E-state index in [9.17, 15) is 4.79 Å². The van der Waals surface area contributed by atoms with Gasteiger partial charge in [-0.3, -0.25) is 4.79 Å². The summed E-state index contributed by atoms with van der Waals surface area (Å²) in [5.41, 5.74) is 7.07. The first kappa shape index (κ1) is 13.9. The topological polar surface area (TPSA) is 55.1 Å². The fraction of sp³-hybridized carbons (Fsp3) is 0.0714. The van der Waals surface area contributed by atoms with Crippen LogP contribution in [0.25, 0.3) is 0 Å². The van der Waals surface area contributed by atoms with Crippen molar-refractivity contribution in [2.75, 3.05) is 5.32 Å². The monoisotopic (exact) mass is 294 g/mol. The molecule has 2 aromatic rings. The van der Waals surface area contributed by atoms with Gasteiger partial charge in [0.1, 0.15) is 6.04 Å². The largest absolute Gasteiger partial charge is 0.323 e. The standard InChI is InChI=1S/C14H12Cl2N2O/c15-10-7-4-8-11(12(10)16)18-14(19)13(17)9-5-2-1-3-6-9/h1-8,13H,17H2,(H,18,19)/t13-/m0/s1. The Morgan fingerprint density at radius 1 is 1.05 bits per heavy atom. The second-order valence-electron chi connectivity index (χ2n) is 3.98. The van der Waals surface area contributed by atoms with Gasteiger partial charge in [-0.15, -0.1) is 0 Å². The summed E-state index contributed by atoms with van der Waals surface area (Å²) in [6.45, 7) is 0. The molecule has 5 heteroatoms. The van der Waals surface area contributed by atoms with E-state index in [4.69, 9.17) is 28.9 Å². The van der Waals surface area contributed by atoms with Crippen LogP contribution in [0.2, 0.25) is 10.0 Å². The van der Waals surface area contributed by atoms with Crippen molar-refractivity contribution in [3.8, 4) is 0 Å². The molecule has 0 bridgehead atoms. The molecule has 1 atom stereocenters. The fourth-order valence-electron chi connectivity index (χ4n) is 1.62. The normalized spacial score (nSPS) is 11.9. The van der Waals surface area contributed by atoms with Crippen molar-refractivity contribution in [2.45, 2.75) is 6.04 Å². The molecule has 3 N–H and O–H groups in total. The molecule has 0 fully saturated rings. The number of benzene rings is 2. The molecular formula is C14H12Cl2N2O. The van der Waals surface area contributed by atoms with E-state index >= 15 is 0 Å². The van der Waals surface area contributed by atoms with E-state index in [1.54, 1.807) is 30.3 Å². The molecule has 19 heavy (non-hydrogen) atoms. The smallest absolute Gasteiger partial charge is 0.245 e. The molecule has 0 aromatic heterocycles. The summed E-state index contributed by atoms with van der Waals surface area (Å²) in [4.78, 5) is 12.0. The van der Waals surface area contributed by atoms with Crippen molar-refractivity contribution in [2.24, 2.45) is 5.73 Å². The fourth-order valence-corrected chi connectivity index (χ4v) is 1.97. The minimum absolute atomic E-state index is 0.303. The maximum absolute atomic E-state index is 12.0. The summed E-state index contributed by atoms with van der Waals surface area (Å²) >= 11 is 11.9. The highest BCUT2D eigenvalue weighted by Gasteiger charge is 2.17. The quantitative estimate of drug-likeness (QED) is 0.908. The van der Waals surface area contributed by atoms with Gasteiger partial charge in [-0.2, -0.15) is 0 Å². The van der Waals surface area contributed by atoms with Crippen molar-refractivity contribution >= 4 is 34.8 Å². The van der Waals surface area contributed by atoms with Crippen molar-refractivity contribution in [1.29, 1.82) is 0 Å². The van der Waals surface area contributed by atoms with Gasteiger partial charge in [-0.1, -0.05) is 59.6 Å². The zero-order chi connectivity index (χ0) is 13.8. The molecule has 0 spiro atoms. The molecule has 1 amide bonds. The number of carbonyl (C=O) groups is 1. The Hall–Kier alpha value is -1.55. The van der Waals surface area contributed by atoms with Gasteiger partial charge < -0.3 is 11.1 Å². The first-order valence-electron chi connectivity index (χ1n) is 5.65. The number of halogens is 2. The van der Waals surface area contributed by atoms with E-state index in [0.29, 0.717) is 15.7 Å². The summed E-state index contributed by atoms with van der Waals surface area (Å²) < 4.78 is 0. The van der Waals surface area contributed by atoms with Crippen molar-refractivity contribution < 1.29 is 4.79 Å². The summed E-state index contributed by atoms with van der Waals surface area (Å²) in [7, 11) is 0. The molecule has 0 saturated carbocycles. The van der Waals surface area contributed by atoms with E-state index in [-0.39, 0.29) is 5.91 Å². The summed E-state index contributed by atoms with van der Waals surface area (Å²) in [6, 6.07) is 13.4. The van der Waals surface area contributed by atoms with Crippen LogP contribution < -0.4 is 11.1 Å². The van der Waals surface area contributed by atoms with E-state index in [1.165, 1.54) is 0 Å². The minimum Gasteiger partial charge on any atom is -0.323 e. The van der Waals surface area contributed by atoms with Crippen molar-refractivity contribution in [3.05, 3.63) is 64.1 Å². The molecule has 2 aromatic carbocycles. The summed E-state index contributed by atoms with van der Waals surface area (Å²) in [6.07, 6.45) is 0. The van der Waals surface area contributed by atoms with Gasteiger partial charge in [-0.05, 0) is 17.7 Å². The van der Waals surface area contributed by atoms with E-state index in [1.807, 2.05) is 18.2 Å². The highest BCUT2D eigenvalue weighted by atomic mass is 35.5. The van der Waals surface area contributed by atoms with Crippen LogP contribution in [-0.4, -0.2) is 5.91 Å². The maximum atomic E-state index is 12.0. The van der Waals surface area contributed by atoms with E-state index in [0.717, 1.165) is 5.56 Å².